The number of carbonyl (C=O) groups is 1. The van der Waals surface area contributed by atoms with Gasteiger partial charge in [0.15, 0.2) is 17.4 Å². The third-order valence-electron chi connectivity index (χ3n) is 4.47. The van der Waals surface area contributed by atoms with E-state index in [2.05, 4.69) is 31.1 Å². The number of carbonyl (C=O) groups excluding carboxylic acids is 1. The van der Waals surface area contributed by atoms with Crippen LogP contribution in [-0.2, 0) is 11.3 Å². The average Bonchev–Trinajstić information content (AvgIpc) is 3.29. The smallest absolute Gasteiger partial charge is 0.221 e. The monoisotopic (exact) mass is 357 g/mol. The van der Waals surface area contributed by atoms with E-state index >= 15 is 0 Å². The van der Waals surface area contributed by atoms with Gasteiger partial charge in [0.1, 0.15) is 6.54 Å². The molecule has 26 heavy (non-hydrogen) atoms. The number of aromatic nitrogens is 3. The Morgan fingerprint density at radius 1 is 1.27 bits per heavy atom. The van der Waals surface area contributed by atoms with Crippen molar-refractivity contribution in [2.24, 2.45) is 4.99 Å². The van der Waals surface area contributed by atoms with Gasteiger partial charge >= 0.3 is 0 Å². The van der Waals surface area contributed by atoms with Crippen molar-refractivity contribution >= 4 is 17.5 Å². The second-order valence-electron chi connectivity index (χ2n) is 6.47. The first kappa shape index (κ1) is 18.2. The summed E-state index contributed by atoms with van der Waals surface area (Å²) in [4.78, 5) is 16.5. The van der Waals surface area contributed by atoms with Crippen LogP contribution in [0.25, 0.3) is 5.65 Å². The van der Waals surface area contributed by atoms with E-state index < -0.39 is 0 Å². The van der Waals surface area contributed by atoms with Gasteiger partial charge in [-0.3, -0.25) is 9.20 Å². The third kappa shape index (κ3) is 4.93. The van der Waals surface area contributed by atoms with Gasteiger partial charge < -0.3 is 16.0 Å². The lowest BCUT2D eigenvalue weighted by molar-refractivity contribution is -0.121. The number of hydrogen-bond acceptors (Lipinski definition) is 4. The lowest BCUT2D eigenvalue weighted by Gasteiger charge is -2.13. The molecule has 2 heterocycles. The van der Waals surface area contributed by atoms with E-state index in [0.717, 1.165) is 30.9 Å². The molecule has 140 valence electrons. The average molecular weight is 357 g/mol. The van der Waals surface area contributed by atoms with Crippen molar-refractivity contribution < 1.29 is 4.79 Å². The number of aliphatic imine (C=N–C) groups is 1. The molecule has 8 heteroatoms. The quantitative estimate of drug-likeness (QED) is 0.512. The number of fused-ring (bicyclic) bond motifs is 1. The van der Waals surface area contributed by atoms with Crippen molar-refractivity contribution in [1.82, 2.24) is 30.5 Å². The normalized spacial score (nSPS) is 15.3. The summed E-state index contributed by atoms with van der Waals surface area (Å²) in [6.07, 6.45) is 7.02. The first-order valence-electron chi connectivity index (χ1n) is 9.36. The van der Waals surface area contributed by atoms with Crippen LogP contribution in [0.2, 0.25) is 0 Å². The summed E-state index contributed by atoms with van der Waals surface area (Å²) >= 11 is 0. The van der Waals surface area contributed by atoms with Gasteiger partial charge in [-0.05, 0) is 31.9 Å². The molecule has 3 N–H and O–H groups in total. The Kier molecular flexibility index (Phi) is 6.40. The van der Waals surface area contributed by atoms with Gasteiger partial charge in [0.25, 0.3) is 0 Å². The van der Waals surface area contributed by atoms with E-state index in [1.807, 2.05) is 35.7 Å². The zero-order chi connectivity index (χ0) is 18.2. The van der Waals surface area contributed by atoms with E-state index in [4.69, 9.17) is 0 Å². The van der Waals surface area contributed by atoms with E-state index in [9.17, 15) is 4.79 Å². The predicted molar refractivity (Wildman–Crippen MR) is 101 cm³/mol. The third-order valence-corrected chi connectivity index (χ3v) is 4.47. The van der Waals surface area contributed by atoms with E-state index in [1.54, 1.807) is 0 Å². The summed E-state index contributed by atoms with van der Waals surface area (Å²) in [5.74, 6) is 1.55. The molecule has 1 aliphatic carbocycles. The highest BCUT2D eigenvalue weighted by molar-refractivity contribution is 5.81. The van der Waals surface area contributed by atoms with Gasteiger partial charge in [0.2, 0.25) is 5.91 Å². The number of pyridine rings is 1. The highest BCUT2D eigenvalue weighted by Gasteiger charge is 2.16. The summed E-state index contributed by atoms with van der Waals surface area (Å²) in [5, 5.41) is 17.8. The van der Waals surface area contributed by atoms with Crippen LogP contribution >= 0.6 is 0 Å². The van der Waals surface area contributed by atoms with E-state index in [-0.39, 0.29) is 5.91 Å². The maximum Gasteiger partial charge on any atom is 0.221 e. The van der Waals surface area contributed by atoms with Gasteiger partial charge in [-0.15, -0.1) is 10.2 Å². The second kappa shape index (κ2) is 9.17. The molecule has 0 spiro atoms. The van der Waals surface area contributed by atoms with Crippen LogP contribution in [0.4, 0.5) is 0 Å². The molecular weight excluding hydrogens is 330 g/mol. The van der Waals surface area contributed by atoms with Crippen LogP contribution in [0.1, 0.15) is 44.9 Å². The standard InChI is InChI=1S/C18H27N7O/c1-2-19-18(20-11-10-17(26)22-14-7-3-4-8-14)21-13-16-24-23-15-9-5-6-12-25(15)16/h5-6,9,12,14H,2-4,7-8,10-11,13H2,1H3,(H,22,26)(H2,19,20,21). The van der Waals surface area contributed by atoms with Crippen LogP contribution in [-0.4, -0.2) is 45.6 Å². The van der Waals surface area contributed by atoms with Gasteiger partial charge in [-0.2, -0.15) is 0 Å². The summed E-state index contributed by atoms with van der Waals surface area (Å²) in [6.45, 7) is 3.72. The molecule has 2 aromatic heterocycles. The minimum Gasteiger partial charge on any atom is -0.357 e. The number of rotatable bonds is 7. The van der Waals surface area contributed by atoms with Crippen LogP contribution in [0, 0.1) is 0 Å². The molecule has 0 saturated heterocycles. The van der Waals surface area contributed by atoms with Gasteiger partial charge in [-0.25, -0.2) is 4.99 Å². The molecule has 1 aliphatic rings. The fourth-order valence-corrected chi connectivity index (χ4v) is 3.15. The van der Waals surface area contributed by atoms with Gasteiger partial charge in [0, 0.05) is 31.7 Å². The van der Waals surface area contributed by atoms with Crippen LogP contribution in [0.5, 0.6) is 0 Å². The summed E-state index contributed by atoms with van der Waals surface area (Å²) < 4.78 is 1.92. The summed E-state index contributed by atoms with van der Waals surface area (Å²) in [5.41, 5.74) is 0.805. The minimum absolute atomic E-state index is 0.101. The summed E-state index contributed by atoms with van der Waals surface area (Å²) in [7, 11) is 0. The maximum absolute atomic E-state index is 12.0. The fraction of sp³-hybridized carbons (Fsp3) is 0.556. The van der Waals surface area contributed by atoms with Crippen molar-refractivity contribution in [3.63, 3.8) is 0 Å². The summed E-state index contributed by atoms with van der Waals surface area (Å²) in [6, 6.07) is 6.15. The van der Waals surface area contributed by atoms with E-state index in [0.29, 0.717) is 31.5 Å². The lowest BCUT2D eigenvalue weighted by atomic mass is 10.2. The first-order chi connectivity index (χ1) is 12.8. The molecule has 8 nitrogen and oxygen atoms in total. The van der Waals surface area contributed by atoms with Crippen molar-refractivity contribution in [2.45, 2.75) is 51.6 Å². The van der Waals surface area contributed by atoms with Gasteiger partial charge in [0.05, 0.1) is 0 Å². The fourth-order valence-electron chi connectivity index (χ4n) is 3.15. The Morgan fingerprint density at radius 3 is 2.92 bits per heavy atom. The zero-order valence-corrected chi connectivity index (χ0v) is 15.2. The first-order valence-corrected chi connectivity index (χ1v) is 9.36. The molecule has 1 amide bonds. The molecule has 0 aliphatic heterocycles. The number of guanidine groups is 1. The van der Waals surface area contributed by atoms with Crippen molar-refractivity contribution in [3.05, 3.63) is 30.2 Å². The molecule has 1 saturated carbocycles. The minimum atomic E-state index is 0.101. The number of amides is 1. The molecule has 0 aromatic carbocycles. The number of nitrogens with zero attached hydrogens (tertiary/aromatic N) is 4. The molecule has 0 radical (unpaired) electrons. The van der Waals surface area contributed by atoms with Crippen molar-refractivity contribution in [2.75, 3.05) is 13.1 Å². The molecule has 2 aromatic rings. The highest BCUT2D eigenvalue weighted by atomic mass is 16.1. The van der Waals surface area contributed by atoms with Gasteiger partial charge in [-0.1, -0.05) is 18.9 Å². The van der Waals surface area contributed by atoms with Crippen LogP contribution in [0.15, 0.2) is 29.4 Å². The molecule has 0 atom stereocenters. The zero-order valence-electron chi connectivity index (χ0n) is 15.2. The Labute approximate surface area is 153 Å². The second-order valence-corrected chi connectivity index (χ2v) is 6.47. The van der Waals surface area contributed by atoms with Crippen molar-refractivity contribution in [3.8, 4) is 0 Å². The molecule has 1 fully saturated rings. The Hall–Kier alpha value is -2.64. The number of hydrogen-bond donors (Lipinski definition) is 3. The van der Waals surface area contributed by atoms with Crippen LogP contribution < -0.4 is 16.0 Å². The Morgan fingerprint density at radius 2 is 2.12 bits per heavy atom. The SMILES string of the molecule is CCNC(=NCc1nnc2ccccn12)NCCC(=O)NC1CCCC1. The van der Waals surface area contributed by atoms with E-state index in [1.165, 1.54) is 12.8 Å². The lowest BCUT2D eigenvalue weighted by Crippen LogP contribution is -2.40. The highest BCUT2D eigenvalue weighted by Crippen LogP contribution is 2.17. The van der Waals surface area contributed by atoms with Crippen molar-refractivity contribution in [1.29, 1.82) is 0 Å². The Balaban J connectivity index is 1.49. The largest absolute Gasteiger partial charge is 0.357 e. The molecule has 0 bridgehead atoms. The molecule has 0 unspecified atom stereocenters. The topological polar surface area (TPSA) is 95.7 Å². The van der Waals surface area contributed by atoms with Crippen LogP contribution in [0.3, 0.4) is 0 Å². The molecule has 3 rings (SSSR count). The molecular formula is C18H27N7O. The maximum atomic E-state index is 12.0. The number of nitrogens with one attached hydrogen (secondary N) is 3. The predicted octanol–water partition coefficient (Wildman–Crippen LogP) is 1.23. The Bertz CT molecular complexity index is 749.